The number of aromatic carboxylic acids is 1. The Balaban J connectivity index is 2.47. The van der Waals surface area contributed by atoms with Crippen LogP contribution >= 0.6 is 11.6 Å². The van der Waals surface area contributed by atoms with Crippen molar-refractivity contribution in [3.63, 3.8) is 0 Å². The number of aromatic nitrogens is 2. The summed E-state index contributed by atoms with van der Waals surface area (Å²) in [6, 6.07) is 4.64. The van der Waals surface area contributed by atoms with E-state index < -0.39 is 5.97 Å². The Morgan fingerprint density at radius 1 is 1.47 bits per heavy atom. The van der Waals surface area contributed by atoms with Crippen molar-refractivity contribution in [1.29, 1.82) is 0 Å². The first-order chi connectivity index (χ1) is 8.88. The number of hydrogen-bond donors (Lipinski definition) is 3. The number of carbonyl (C=O) groups is 1. The lowest BCUT2D eigenvalue weighted by Gasteiger charge is -2.10. The van der Waals surface area contributed by atoms with E-state index in [9.17, 15) is 9.90 Å². The summed E-state index contributed by atoms with van der Waals surface area (Å²) in [6.45, 7) is 1.89. The fourth-order valence-corrected chi connectivity index (χ4v) is 1.95. The van der Waals surface area contributed by atoms with E-state index in [1.165, 1.54) is 12.1 Å². The molecule has 4 N–H and O–H groups in total. The average molecular weight is 281 g/mol. The molecule has 0 atom stereocenters. The van der Waals surface area contributed by atoms with Gasteiger partial charge in [0.2, 0.25) is 0 Å². The van der Waals surface area contributed by atoms with Gasteiger partial charge in [0, 0.05) is 24.5 Å². The number of rotatable bonds is 3. The first kappa shape index (κ1) is 13.2. The minimum Gasteiger partial charge on any atom is -0.478 e. The number of anilines is 3. The average Bonchev–Trinajstić information content (AvgIpc) is 2.61. The van der Waals surface area contributed by atoms with Crippen LogP contribution in [0, 0.1) is 6.92 Å². The van der Waals surface area contributed by atoms with Crippen LogP contribution in [0.15, 0.2) is 18.2 Å². The molecule has 0 unspecified atom stereocenters. The number of carboxylic acid groups (broad SMARTS) is 1. The smallest absolute Gasteiger partial charge is 0.337 e. The van der Waals surface area contributed by atoms with Crippen LogP contribution in [0.5, 0.6) is 0 Å². The van der Waals surface area contributed by atoms with Gasteiger partial charge in [0.15, 0.2) is 5.82 Å². The van der Waals surface area contributed by atoms with Crippen LogP contribution in [-0.4, -0.2) is 20.9 Å². The predicted molar refractivity (Wildman–Crippen MR) is 74.1 cm³/mol. The van der Waals surface area contributed by atoms with Crippen LogP contribution in [0.3, 0.4) is 0 Å². The summed E-state index contributed by atoms with van der Waals surface area (Å²) in [6.07, 6.45) is 0. The molecular formula is C12H13ClN4O2. The summed E-state index contributed by atoms with van der Waals surface area (Å²) < 4.78 is 1.67. The highest BCUT2D eigenvalue weighted by Gasteiger charge is 2.16. The zero-order valence-corrected chi connectivity index (χ0v) is 11.2. The molecule has 100 valence electrons. The lowest BCUT2D eigenvalue weighted by molar-refractivity contribution is 0.0698. The van der Waals surface area contributed by atoms with Crippen molar-refractivity contribution in [3.05, 3.63) is 34.5 Å². The lowest BCUT2D eigenvalue weighted by Crippen LogP contribution is -2.05. The van der Waals surface area contributed by atoms with Crippen LogP contribution in [0.1, 0.15) is 16.1 Å². The second-order valence-electron chi connectivity index (χ2n) is 4.15. The van der Waals surface area contributed by atoms with Crippen LogP contribution in [0.25, 0.3) is 0 Å². The highest BCUT2D eigenvalue weighted by molar-refractivity contribution is 6.34. The summed E-state index contributed by atoms with van der Waals surface area (Å²) in [5.74, 6) is -0.585. The summed E-state index contributed by atoms with van der Waals surface area (Å²) in [5.41, 5.74) is 7.11. The molecule has 1 aromatic heterocycles. The van der Waals surface area contributed by atoms with Gasteiger partial charge in [0.25, 0.3) is 0 Å². The quantitative estimate of drug-likeness (QED) is 0.751. The normalized spacial score (nSPS) is 10.5. The van der Waals surface area contributed by atoms with Gasteiger partial charge >= 0.3 is 5.97 Å². The fourth-order valence-electron chi connectivity index (χ4n) is 1.67. The highest BCUT2D eigenvalue weighted by Crippen LogP contribution is 2.31. The number of halogens is 1. The Morgan fingerprint density at radius 2 is 2.16 bits per heavy atom. The van der Waals surface area contributed by atoms with E-state index in [2.05, 4.69) is 10.4 Å². The number of aryl methyl sites for hydroxylation is 2. The van der Waals surface area contributed by atoms with Crippen LogP contribution in [0.4, 0.5) is 17.2 Å². The van der Waals surface area contributed by atoms with E-state index in [0.29, 0.717) is 11.5 Å². The number of nitrogens with two attached hydrogens (primary N) is 1. The first-order valence-corrected chi connectivity index (χ1v) is 5.86. The minimum atomic E-state index is -1.11. The SMILES string of the molecule is Cc1cc(Nc2c(Cl)cc(N)cc2C(=O)O)nn1C. The van der Waals surface area contributed by atoms with Gasteiger partial charge in [0.1, 0.15) is 0 Å². The Labute approximate surface area is 114 Å². The second kappa shape index (κ2) is 4.81. The third-order valence-corrected chi connectivity index (χ3v) is 3.01. The van der Waals surface area contributed by atoms with Gasteiger partial charge in [-0.3, -0.25) is 4.68 Å². The van der Waals surface area contributed by atoms with Crippen LogP contribution in [0.2, 0.25) is 5.02 Å². The zero-order chi connectivity index (χ0) is 14.2. The molecule has 2 aromatic rings. The Hall–Kier alpha value is -2.21. The van der Waals surface area contributed by atoms with Gasteiger partial charge < -0.3 is 16.2 Å². The van der Waals surface area contributed by atoms with Crippen molar-refractivity contribution in [3.8, 4) is 0 Å². The molecule has 0 bridgehead atoms. The molecule has 1 heterocycles. The molecule has 0 radical (unpaired) electrons. The standard InChI is InChI=1S/C12H13ClN4O2/c1-6-3-10(16-17(6)2)15-11-8(12(18)19)4-7(14)5-9(11)13/h3-5H,14H2,1-2H3,(H,15,16)(H,18,19). The Kier molecular flexibility index (Phi) is 3.35. The van der Waals surface area contributed by atoms with Crippen molar-refractivity contribution >= 4 is 34.8 Å². The number of nitrogen functional groups attached to an aromatic ring is 1. The van der Waals surface area contributed by atoms with Gasteiger partial charge in [-0.1, -0.05) is 11.6 Å². The molecule has 0 aliphatic heterocycles. The van der Waals surface area contributed by atoms with Gasteiger partial charge in [0.05, 0.1) is 16.3 Å². The fraction of sp³-hybridized carbons (Fsp3) is 0.167. The predicted octanol–water partition coefficient (Wildman–Crippen LogP) is 2.41. The molecule has 0 aliphatic rings. The monoisotopic (exact) mass is 280 g/mol. The number of nitrogens with one attached hydrogen (secondary N) is 1. The van der Waals surface area contributed by atoms with Crippen LogP contribution < -0.4 is 11.1 Å². The maximum atomic E-state index is 11.2. The van der Waals surface area contributed by atoms with E-state index in [4.69, 9.17) is 17.3 Å². The van der Waals surface area contributed by atoms with Gasteiger partial charge in [-0.2, -0.15) is 5.10 Å². The third kappa shape index (κ3) is 2.63. The first-order valence-electron chi connectivity index (χ1n) is 5.48. The molecule has 0 amide bonds. The van der Waals surface area contributed by atoms with Gasteiger partial charge in [-0.25, -0.2) is 4.79 Å². The number of carboxylic acids is 1. The van der Waals surface area contributed by atoms with Crippen molar-refractivity contribution in [2.24, 2.45) is 7.05 Å². The summed E-state index contributed by atoms with van der Waals surface area (Å²) in [4.78, 5) is 11.2. The Morgan fingerprint density at radius 3 is 2.68 bits per heavy atom. The number of nitrogens with zero attached hydrogens (tertiary/aromatic N) is 2. The van der Waals surface area contributed by atoms with E-state index in [-0.39, 0.29) is 16.3 Å². The summed E-state index contributed by atoms with van der Waals surface area (Å²) in [7, 11) is 1.79. The molecular weight excluding hydrogens is 268 g/mol. The summed E-state index contributed by atoms with van der Waals surface area (Å²) in [5, 5.41) is 16.5. The maximum Gasteiger partial charge on any atom is 0.337 e. The second-order valence-corrected chi connectivity index (χ2v) is 4.56. The molecule has 0 saturated heterocycles. The minimum absolute atomic E-state index is 0.00769. The topological polar surface area (TPSA) is 93.2 Å². The van der Waals surface area contributed by atoms with Crippen molar-refractivity contribution in [2.45, 2.75) is 6.92 Å². The van der Waals surface area contributed by atoms with E-state index in [1.54, 1.807) is 17.8 Å². The van der Waals surface area contributed by atoms with Gasteiger partial charge in [-0.05, 0) is 19.1 Å². The third-order valence-electron chi connectivity index (χ3n) is 2.71. The number of hydrogen-bond acceptors (Lipinski definition) is 4. The van der Waals surface area contributed by atoms with Crippen molar-refractivity contribution in [1.82, 2.24) is 9.78 Å². The molecule has 6 nitrogen and oxygen atoms in total. The lowest BCUT2D eigenvalue weighted by atomic mass is 10.1. The molecule has 0 saturated carbocycles. The zero-order valence-electron chi connectivity index (χ0n) is 10.4. The largest absolute Gasteiger partial charge is 0.478 e. The molecule has 7 heteroatoms. The molecule has 2 rings (SSSR count). The van der Waals surface area contributed by atoms with Crippen LogP contribution in [-0.2, 0) is 7.05 Å². The highest BCUT2D eigenvalue weighted by atomic mass is 35.5. The van der Waals surface area contributed by atoms with Crippen molar-refractivity contribution < 1.29 is 9.90 Å². The van der Waals surface area contributed by atoms with Crippen molar-refractivity contribution in [2.75, 3.05) is 11.1 Å². The molecule has 0 aliphatic carbocycles. The maximum absolute atomic E-state index is 11.2. The molecule has 1 aromatic carbocycles. The van der Waals surface area contributed by atoms with Gasteiger partial charge in [-0.15, -0.1) is 0 Å². The van der Waals surface area contributed by atoms with E-state index in [1.807, 2.05) is 6.92 Å². The van der Waals surface area contributed by atoms with E-state index in [0.717, 1.165) is 5.69 Å². The molecule has 19 heavy (non-hydrogen) atoms. The summed E-state index contributed by atoms with van der Waals surface area (Å²) >= 11 is 6.03. The Bertz CT molecular complexity index is 632. The number of benzene rings is 1. The van der Waals surface area contributed by atoms with E-state index >= 15 is 0 Å². The molecule has 0 fully saturated rings. The molecule has 0 spiro atoms.